The number of nitrogens with zero attached hydrogens (tertiary/aromatic N) is 1. The molecule has 1 saturated carbocycles. The molecule has 1 aromatic carbocycles. The fraction of sp³-hybridized carbons (Fsp3) is 0.542. The van der Waals surface area contributed by atoms with Crippen molar-refractivity contribution in [1.29, 1.82) is 0 Å². The Bertz CT molecular complexity index is 965. The van der Waals surface area contributed by atoms with Crippen molar-refractivity contribution in [1.82, 2.24) is 10.5 Å². The van der Waals surface area contributed by atoms with E-state index in [1.54, 1.807) is 0 Å². The number of aromatic nitrogens is 1. The second-order valence-electron chi connectivity index (χ2n) is 9.69. The van der Waals surface area contributed by atoms with Crippen LogP contribution in [0.3, 0.4) is 0 Å². The van der Waals surface area contributed by atoms with Gasteiger partial charge in [-0.15, -0.1) is 0 Å². The zero-order valence-electron chi connectivity index (χ0n) is 18.8. The van der Waals surface area contributed by atoms with Crippen LogP contribution in [0.15, 0.2) is 22.7 Å². The smallest absolute Gasteiger partial charge is 0.247 e. The predicted octanol–water partition coefficient (Wildman–Crippen LogP) is 4.56. The average Bonchev–Trinajstić information content (AvgIpc) is 3.30. The molecule has 0 spiro atoms. The number of benzene rings is 1. The Morgan fingerprint density at radius 3 is 2.52 bits per heavy atom. The van der Waals surface area contributed by atoms with Crippen LogP contribution >= 0.6 is 0 Å². The lowest BCUT2D eigenvalue weighted by molar-refractivity contribution is -0.122. The molecule has 31 heavy (non-hydrogen) atoms. The van der Waals surface area contributed by atoms with Gasteiger partial charge in [-0.1, -0.05) is 25.1 Å². The van der Waals surface area contributed by atoms with Gasteiger partial charge in [0.15, 0.2) is 0 Å². The van der Waals surface area contributed by atoms with Crippen molar-refractivity contribution in [3.05, 3.63) is 29.7 Å². The van der Waals surface area contributed by atoms with Gasteiger partial charge in [0.25, 0.3) is 0 Å². The van der Waals surface area contributed by atoms with Crippen molar-refractivity contribution >= 4 is 23.2 Å². The number of aryl methyl sites for hydroxylation is 2. The Morgan fingerprint density at radius 1 is 1.16 bits per heavy atom. The third kappa shape index (κ3) is 4.75. The molecule has 2 fully saturated rings. The molecule has 1 saturated heterocycles. The van der Waals surface area contributed by atoms with Crippen LogP contribution in [0.1, 0.15) is 63.8 Å². The van der Waals surface area contributed by atoms with E-state index in [0.29, 0.717) is 30.0 Å². The first-order valence-electron chi connectivity index (χ1n) is 11.2. The van der Waals surface area contributed by atoms with Crippen LogP contribution in [0, 0.1) is 19.3 Å². The Kier molecular flexibility index (Phi) is 5.77. The molecule has 1 aromatic heterocycles. The Morgan fingerprint density at radius 2 is 1.90 bits per heavy atom. The number of carbonyl (C=O) groups excluding carboxylic acids is 2. The second-order valence-corrected chi connectivity index (χ2v) is 9.69. The highest BCUT2D eigenvalue weighted by Crippen LogP contribution is 2.38. The summed E-state index contributed by atoms with van der Waals surface area (Å²) in [7, 11) is 0. The molecule has 0 unspecified atom stereocenters. The van der Waals surface area contributed by atoms with Crippen molar-refractivity contribution in [2.45, 2.75) is 78.3 Å². The SMILES string of the molecule is Cc1noc(C)c1-c1ccc(NC2CCC(C)(C)CC2)c(NC(=O)[C@@H]2CCC(=O)N2)c1. The molecule has 2 aliphatic rings. The molecule has 7 heteroatoms. The molecule has 1 aliphatic carbocycles. The van der Waals surface area contributed by atoms with Crippen LogP contribution in [0.5, 0.6) is 0 Å². The summed E-state index contributed by atoms with van der Waals surface area (Å²) in [6.45, 7) is 8.44. The van der Waals surface area contributed by atoms with E-state index in [-0.39, 0.29) is 11.8 Å². The molecule has 166 valence electrons. The highest BCUT2D eigenvalue weighted by atomic mass is 16.5. The molecule has 2 heterocycles. The van der Waals surface area contributed by atoms with E-state index in [9.17, 15) is 9.59 Å². The van der Waals surface area contributed by atoms with E-state index in [1.165, 1.54) is 12.8 Å². The van der Waals surface area contributed by atoms with Gasteiger partial charge in [-0.25, -0.2) is 0 Å². The minimum atomic E-state index is -0.487. The highest BCUT2D eigenvalue weighted by molar-refractivity contribution is 6.01. The summed E-state index contributed by atoms with van der Waals surface area (Å²) < 4.78 is 5.33. The molecule has 0 radical (unpaired) electrons. The van der Waals surface area contributed by atoms with Crippen LogP contribution in [0.2, 0.25) is 0 Å². The number of rotatable bonds is 5. The molecule has 3 N–H and O–H groups in total. The first kappa shape index (κ1) is 21.4. The molecule has 0 bridgehead atoms. The van der Waals surface area contributed by atoms with Gasteiger partial charge >= 0.3 is 0 Å². The maximum absolute atomic E-state index is 12.8. The van der Waals surface area contributed by atoms with Gasteiger partial charge in [0, 0.05) is 18.0 Å². The minimum absolute atomic E-state index is 0.0761. The normalized spacial score (nSPS) is 21.0. The maximum atomic E-state index is 12.8. The standard InChI is InChI=1S/C24H32N4O3/c1-14-22(15(2)31-28-14)16-5-6-18(25-17-9-11-24(3,4)12-10-17)20(13-16)27-23(30)19-7-8-21(29)26-19/h5-6,13,17,19,25H,7-12H2,1-4H3,(H,26,29)(H,27,30)/t19-/m0/s1. The summed E-state index contributed by atoms with van der Waals surface area (Å²) in [6.07, 6.45) is 5.47. The third-order valence-corrected chi connectivity index (χ3v) is 6.61. The highest BCUT2D eigenvalue weighted by Gasteiger charge is 2.29. The second kappa shape index (κ2) is 8.36. The van der Waals surface area contributed by atoms with Crippen molar-refractivity contribution in [3.8, 4) is 11.1 Å². The van der Waals surface area contributed by atoms with Crippen molar-refractivity contribution < 1.29 is 14.1 Å². The van der Waals surface area contributed by atoms with Gasteiger partial charge in [-0.2, -0.15) is 0 Å². The lowest BCUT2D eigenvalue weighted by atomic mass is 9.75. The first-order chi connectivity index (χ1) is 14.7. The minimum Gasteiger partial charge on any atom is -0.381 e. The molecule has 2 aromatic rings. The van der Waals surface area contributed by atoms with Gasteiger partial charge in [0.05, 0.1) is 17.1 Å². The predicted molar refractivity (Wildman–Crippen MR) is 121 cm³/mol. The van der Waals surface area contributed by atoms with Crippen LogP contribution < -0.4 is 16.0 Å². The van der Waals surface area contributed by atoms with Gasteiger partial charge in [0.2, 0.25) is 11.8 Å². The van der Waals surface area contributed by atoms with Crippen LogP contribution in [0.25, 0.3) is 11.1 Å². The lowest BCUT2D eigenvalue weighted by Crippen LogP contribution is -2.37. The van der Waals surface area contributed by atoms with Gasteiger partial charge in [-0.05, 0) is 69.1 Å². The summed E-state index contributed by atoms with van der Waals surface area (Å²) in [6, 6.07) is 5.91. The van der Waals surface area contributed by atoms with Gasteiger partial charge in [-0.3, -0.25) is 9.59 Å². The maximum Gasteiger partial charge on any atom is 0.247 e. The lowest BCUT2D eigenvalue weighted by Gasteiger charge is -2.35. The number of nitrogens with one attached hydrogen (secondary N) is 3. The Hall–Kier alpha value is -2.83. The summed E-state index contributed by atoms with van der Waals surface area (Å²) in [5, 5.41) is 13.5. The fourth-order valence-electron chi connectivity index (χ4n) is 4.62. The van der Waals surface area contributed by atoms with Crippen LogP contribution in [-0.4, -0.2) is 29.1 Å². The largest absolute Gasteiger partial charge is 0.381 e. The summed E-state index contributed by atoms with van der Waals surface area (Å²) in [5.41, 5.74) is 4.70. The number of hydrogen-bond acceptors (Lipinski definition) is 5. The van der Waals surface area contributed by atoms with Gasteiger partial charge in [0.1, 0.15) is 11.8 Å². The molecular formula is C24H32N4O3. The van der Waals surface area contributed by atoms with E-state index >= 15 is 0 Å². The van der Waals surface area contributed by atoms with E-state index in [2.05, 4.69) is 35.0 Å². The first-order valence-corrected chi connectivity index (χ1v) is 11.2. The summed E-state index contributed by atoms with van der Waals surface area (Å²) >= 11 is 0. The van der Waals surface area contributed by atoms with Crippen molar-refractivity contribution in [3.63, 3.8) is 0 Å². The molecular weight excluding hydrogens is 392 g/mol. The zero-order valence-corrected chi connectivity index (χ0v) is 18.8. The molecule has 1 atom stereocenters. The van der Waals surface area contributed by atoms with E-state index in [0.717, 1.165) is 41.1 Å². The van der Waals surface area contributed by atoms with E-state index in [1.807, 2.05) is 32.0 Å². The zero-order chi connectivity index (χ0) is 22.2. The molecule has 7 nitrogen and oxygen atoms in total. The Balaban J connectivity index is 1.60. The number of hydrogen-bond donors (Lipinski definition) is 3. The molecule has 2 amide bonds. The quantitative estimate of drug-likeness (QED) is 0.654. The van der Waals surface area contributed by atoms with Crippen molar-refractivity contribution in [2.24, 2.45) is 5.41 Å². The van der Waals surface area contributed by atoms with Crippen molar-refractivity contribution in [2.75, 3.05) is 10.6 Å². The summed E-state index contributed by atoms with van der Waals surface area (Å²) in [4.78, 5) is 24.4. The monoisotopic (exact) mass is 424 g/mol. The van der Waals surface area contributed by atoms with Gasteiger partial charge < -0.3 is 20.5 Å². The third-order valence-electron chi connectivity index (χ3n) is 6.61. The Labute approximate surface area is 183 Å². The number of amides is 2. The van der Waals surface area contributed by atoms with E-state index in [4.69, 9.17) is 4.52 Å². The van der Waals surface area contributed by atoms with E-state index < -0.39 is 6.04 Å². The van der Waals surface area contributed by atoms with Crippen LogP contribution in [-0.2, 0) is 9.59 Å². The summed E-state index contributed by atoms with van der Waals surface area (Å²) in [5.74, 6) is 0.482. The fourth-order valence-corrected chi connectivity index (χ4v) is 4.62. The molecule has 4 rings (SSSR count). The number of carbonyl (C=O) groups is 2. The topological polar surface area (TPSA) is 96.3 Å². The van der Waals surface area contributed by atoms with Crippen LogP contribution in [0.4, 0.5) is 11.4 Å². The number of anilines is 2. The molecule has 1 aliphatic heterocycles. The average molecular weight is 425 g/mol.